The van der Waals surface area contributed by atoms with Crippen molar-refractivity contribution < 1.29 is 9.47 Å². The Morgan fingerprint density at radius 1 is 0.490 bits per heavy atom. The Balaban J connectivity index is 2.00. The fourth-order valence-corrected chi connectivity index (χ4v) is 11.2. The molecule has 0 spiro atoms. The van der Waals surface area contributed by atoms with E-state index < -0.39 is 0 Å². The first-order chi connectivity index (χ1) is 24.3. The van der Waals surface area contributed by atoms with E-state index in [4.69, 9.17) is 9.47 Å². The van der Waals surface area contributed by atoms with Gasteiger partial charge in [0.25, 0.3) is 0 Å². The van der Waals surface area contributed by atoms with Crippen LogP contribution in [0.25, 0.3) is 0 Å². The normalized spacial score (nSPS) is 15.9. The molecule has 0 saturated carbocycles. The van der Waals surface area contributed by atoms with Gasteiger partial charge in [-0.2, -0.15) is 47.0 Å². The van der Waals surface area contributed by atoms with E-state index in [1.54, 1.807) is 0 Å². The van der Waals surface area contributed by atoms with Crippen molar-refractivity contribution >= 4 is 47.0 Å². The van der Waals surface area contributed by atoms with Crippen molar-refractivity contribution in [1.82, 2.24) is 5.32 Å². The molecule has 1 fully saturated rings. The van der Waals surface area contributed by atoms with Gasteiger partial charge in [-0.1, -0.05) is 142 Å². The molecule has 1 N–H and O–H groups in total. The van der Waals surface area contributed by atoms with Crippen molar-refractivity contribution in [2.24, 2.45) is 0 Å². The maximum atomic E-state index is 6.65. The van der Waals surface area contributed by atoms with Gasteiger partial charge >= 0.3 is 0 Å². The number of ether oxygens (including phenoxy) is 2. The molecule has 0 bridgehead atoms. The number of unbranched alkanes of at least 4 members (excludes halogenated alkanes) is 22. The van der Waals surface area contributed by atoms with Gasteiger partial charge in [-0.05, 0) is 81.5 Å². The number of hydrogen-bond acceptors (Lipinski definition) is 7. The zero-order valence-corrected chi connectivity index (χ0v) is 36.5. The minimum atomic E-state index is -0.300. The SMILES string of the molecule is CCCCCCCCCSCSCCCCCCCCC1(CCCCCCCCSCSCCCCCCCCC)OCC(CCNC)O1. The summed E-state index contributed by atoms with van der Waals surface area (Å²) in [4.78, 5) is 0. The van der Waals surface area contributed by atoms with Crippen LogP contribution in [0.2, 0.25) is 0 Å². The number of rotatable bonds is 41. The molecule has 294 valence electrons. The predicted octanol–water partition coefficient (Wildman–Crippen LogP) is 14.5. The van der Waals surface area contributed by atoms with Gasteiger partial charge in [0.15, 0.2) is 5.79 Å². The third-order valence-electron chi connectivity index (χ3n) is 9.94. The lowest BCUT2D eigenvalue weighted by Crippen LogP contribution is -2.31. The largest absolute Gasteiger partial charge is 0.347 e. The average Bonchev–Trinajstić information content (AvgIpc) is 3.52. The van der Waals surface area contributed by atoms with E-state index in [9.17, 15) is 0 Å². The van der Waals surface area contributed by atoms with Gasteiger partial charge in [0, 0.05) is 23.0 Å². The van der Waals surface area contributed by atoms with Gasteiger partial charge in [-0.25, -0.2) is 0 Å². The summed E-state index contributed by atoms with van der Waals surface area (Å²) in [5.41, 5.74) is 0. The third kappa shape index (κ3) is 32.4. The molecule has 0 aliphatic carbocycles. The van der Waals surface area contributed by atoms with Crippen LogP contribution in [0.15, 0.2) is 0 Å². The maximum Gasteiger partial charge on any atom is 0.168 e. The summed E-state index contributed by atoms with van der Waals surface area (Å²) < 4.78 is 13.1. The lowest BCUT2D eigenvalue weighted by molar-refractivity contribution is -0.179. The zero-order chi connectivity index (χ0) is 35.2. The minimum absolute atomic E-state index is 0.268. The van der Waals surface area contributed by atoms with Crippen LogP contribution in [-0.2, 0) is 9.47 Å². The van der Waals surface area contributed by atoms with Crippen molar-refractivity contribution in [2.75, 3.05) is 53.4 Å². The Kier molecular flexibility index (Phi) is 38.4. The van der Waals surface area contributed by atoms with E-state index in [1.165, 1.54) is 200 Å². The van der Waals surface area contributed by atoms with E-state index in [0.29, 0.717) is 0 Å². The summed E-state index contributed by atoms with van der Waals surface area (Å²) in [5.74, 6) is 5.13. The molecule has 1 unspecified atom stereocenters. The van der Waals surface area contributed by atoms with Gasteiger partial charge in [-0.15, -0.1) is 0 Å². The lowest BCUT2D eigenvalue weighted by atomic mass is 9.99. The molecule has 7 heteroatoms. The van der Waals surface area contributed by atoms with Crippen LogP contribution in [0.4, 0.5) is 0 Å². The summed E-state index contributed by atoms with van der Waals surface area (Å²) >= 11 is 8.65. The molecule has 3 nitrogen and oxygen atoms in total. The van der Waals surface area contributed by atoms with Gasteiger partial charge in [-0.3, -0.25) is 0 Å². The van der Waals surface area contributed by atoms with Crippen molar-refractivity contribution in [1.29, 1.82) is 0 Å². The Labute approximate surface area is 325 Å². The van der Waals surface area contributed by atoms with E-state index >= 15 is 0 Å². The summed E-state index contributed by atoms with van der Waals surface area (Å²) in [5, 5.41) is 5.88. The van der Waals surface area contributed by atoms with Gasteiger partial charge in [0.2, 0.25) is 0 Å². The summed E-state index contributed by atoms with van der Waals surface area (Å²) in [7, 11) is 2.04. The lowest BCUT2D eigenvalue weighted by Gasteiger charge is -2.28. The van der Waals surface area contributed by atoms with Crippen LogP contribution in [-0.4, -0.2) is 65.3 Å². The van der Waals surface area contributed by atoms with Crippen LogP contribution in [0.1, 0.15) is 200 Å². The Morgan fingerprint density at radius 3 is 1.20 bits per heavy atom. The van der Waals surface area contributed by atoms with Crippen LogP contribution in [0.3, 0.4) is 0 Å². The monoisotopic (exact) mass is 764 g/mol. The number of hydrogen-bond donors (Lipinski definition) is 1. The second kappa shape index (κ2) is 39.0. The topological polar surface area (TPSA) is 30.5 Å². The smallest absolute Gasteiger partial charge is 0.168 e. The van der Waals surface area contributed by atoms with Crippen molar-refractivity contribution in [2.45, 2.75) is 212 Å². The van der Waals surface area contributed by atoms with Crippen LogP contribution in [0, 0.1) is 0 Å². The highest BCUT2D eigenvalue weighted by Crippen LogP contribution is 2.35. The number of nitrogens with one attached hydrogen (secondary N) is 1. The summed E-state index contributed by atoms with van der Waals surface area (Å²) in [6.07, 6.45) is 39.7. The van der Waals surface area contributed by atoms with Gasteiger partial charge in [0.1, 0.15) is 0 Å². The second-order valence-electron chi connectivity index (χ2n) is 14.7. The predicted molar refractivity (Wildman–Crippen MR) is 232 cm³/mol. The third-order valence-corrected chi connectivity index (χ3v) is 14.9. The Hall–Kier alpha value is 1.28. The maximum absolute atomic E-state index is 6.65. The highest BCUT2D eigenvalue weighted by molar-refractivity contribution is 8.16. The van der Waals surface area contributed by atoms with E-state index in [1.807, 2.05) is 7.05 Å². The molecule has 49 heavy (non-hydrogen) atoms. The van der Waals surface area contributed by atoms with Crippen LogP contribution >= 0.6 is 47.0 Å². The molecule has 0 aromatic rings. The molecule has 1 aliphatic rings. The quantitative estimate of drug-likeness (QED) is 0.0490. The first kappa shape index (κ1) is 48.3. The number of thioether (sulfide) groups is 4. The van der Waals surface area contributed by atoms with E-state index in [-0.39, 0.29) is 11.9 Å². The Bertz CT molecular complexity index is 604. The molecule has 0 radical (unpaired) electrons. The standard InChI is InChI=1S/C42H85NO2S4/c1-4-6-8-10-14-20-26-34-46-39-48-36-28-22-16-12-18-24-31-42(44-38-41(45-42)30-33-43-3)32-25-19-13-17-23-29-37-49-40-47-35-27-21-15-11-9-7-5-2/h41,43H,4-40H2,1-3H3. The molecular weight excluding hydrogens is 679 g/mol. The Morgan fingerprint density at radius 2 is 0.837 bits per heavy atom. The molecule has 0 amide bonds. The molecule has 1 rings (SSSR count). The molecule has 0 aromatic carbocycles. The van der Waals surface area contributed by atoms with Crippen LogP contribution < -0.4 is 5.32 Å². The molecule has 1 atom stereocenters. The second-order valence-corrected chi connectivity index (χ2v) is 19.9. The minimum Gasteiger partial charge on any atom is -0.347 e. The van der Waals surface area contributed by atoms with E-state index in [2.05, 4.69) is 66.2 Å². The molecule has 1 saturated heterocycles. The average molecular weight is 764 g/mol. The van der Waals surface area contributed by atoms with Gasteiger partial charge in [0.05, 0.1) is 12.7 Å². The van der Waals surface area contributed by atoms with Gasteiger partial charge < -0.3 is 14.8 Å². The van der Waals surface area contributed by atoms with E-state index in [0.717, 1.165) is 32.4 Å². The first-order valence-electron chi connectivity index (χ1n) is 21.5. The molecular formula is C42H85NO2S4. The first-order valence-corrected chi connectivity index (χ1v) is 26.2. The molecule has 0 aromatic heterocycles. The van der Waals surface area contributed by atoms with Crippen molar-refractivity contribution in [3.8, 4) is 0 Å². The highest BCUT2D eigenvalue weighted by atomic mass is 32.2. The van der Waals surface area contributed by atoms with Crippen molar-refractivity contribution in [3.05, 3.63) is 0 Å². The van der Waals surface area contributed by atoms with Crippen molar-refractivity contribution in [3.63, 3.8) is 0 Å². The highest BCUT2D eigenvalue weighted by Gasteiger charge is 2.40. The summed E-state index contributed by atoms with van der Waals surface area (Å²) in [6.45, 7) is 6.40. The zero-order valence-electron chi connectivity index (χ0n) is 33.2. The fourth-order valence-electron chi connectivity index (χ4n) is 6.74. The molecule has 1 aliphatic heterocycles. The summed E-state index contributed by atoms with van der Waals surface area (Å²) in [6, 6.07) is 0. The fraction of sp³-hybridized carbons (Fsp3) is 1.00. The van der Waals surface area contributed by atoms with Crippen LogP contribution in [0.5, 0.6) is 0 Å². The molecule has 1 heterocycles.